The van der Waals surface area contributed by atoms with Gasteiger partial charge in [0.2, 0.25) is 0 Å². The average molecular weight is 211 g/mol. The molecule has 0 aliphatic carbocycles. The van der Waals surface area contributed by atoms with Gasteiger partial charge in [-0.3, -0.25) is 0 Å². The summed E-state index contributed by atoms with van der Waals surface area (Å²) in [7, 11) is 1.63. The van der Waals surface area contributed by atoms with E-state index in [0.29, 0.717) is 18.0 Å². The minimum absolute atomic E-state index is 0.471. The Bertz CT molecular complexity index is 297. The van der Waals surface area contributed by atoms with Crippen molar-refractivity contribution in [1.29, 1.82) is 0 Å². The van der Waals surface area contributed by atoms with Gasteiger partial charge in [0.1, 0.15) is 11.5 Å². The first-order valence-corrected chi connectivity index (χ1v) is 4.68. The molecule has 0 amide bonds. The van der Waals surface area contributed by atoms with Crippen molar-refractivity contribution in [3.05, 3.63) is 24.3 Å². The molecule has 0 saturated carbocycles. The van der Waals surface area contributed by atoms with E-state index in [1.165, 1.54) is 0 Å². The Morgan fingerprint density at radius 3 is 2.36 bits per heavy atom. The standard InChI is InChI=1S/C10H13NO2S/c1-12-8-2-4-9(5-3-8)13-7-6-10(11)14/h2-5H,6-7H2,1H3,(H2,11,14). The van der Waals surface area contributed by atoms with Gasteiger partial charge in [0.15, 0.2) is 0 Å². The molecule has 0 radical (unpaired) electrons. The lowest BCUT2D eigenvalue weighted by atomic mass is 10.3. The Kier molecular flexibility index (Phi) is 4.19. The molecule has 0 unspecified atom stereocenters. The molecule has 0 spiro atoms. The first kappa shape index (κ1) is 10.8. The normalized spacial score (nSPS) is 9.50. The topological polar surface area (TPSA) is 44.5 Å². The highest BCUT2D eigenvalue weighted by molar-refractivity contribution is 7.80. The monoisotopic (exact) mass is 211 g/mol. The summed E-state index contributed by atoms with van der Waals surface area (Å²) < 4.78 is 10.4. The quantitative estimate of drug-likeness (QED) is 0.754. The average Bonchev–Trinajstić information content (AvgIpc) is 2.18. The summed E-state index contributed by atoms with van der Waals surface area (Å²) in [5, 5.41) is 0. The van der Waals surface area contributed by atoms with Gasteiger partial charge in [0, 0.05) is 6.42 Å². The van der Waals surface area contributed by atoms with Crippen molar-refractivity contribution in [2.75, 3.05) is 13.7 Å². The van der Waals surface area contributed by atoms with Gasteiger partial charge in [-0.1, -0.05) is 12.2 Å². The predicted molar refractivity (Wildman–Crippen MR) is 59.9 cm³/mol. The molecular weight excluding hydrogens is 198 g/mol. The summed E-state index contributed by atoms with van der Waals surface area (Å²) in [5.74, 6) is 1.61. The SMILES string of the molecule is COc1ccc(OCCC(N)=S)cc1. The third kappa shape index (κ3) is 3.62. The van der Waals surface area contributed by atoms with E-state index in [0.717, 1.165) is 11.5 Å². The summed E-state index contributed by atoms with van der Waals surface area (Å²) in [6, 6.07) is 7.38. The minimum atomic E-state index is 0.471. The van der Waals surface area contributed by atoms with Crippen LogP contribution in [0.25, 0.3) is 0 Å². The van der Waals surface area contributed by atoms with Crippen LogP contribution in [0.5, 0.6) is 11.5 Å². The van der Waals surface area contributed by atoms with Gasteiger partial charge in [-0.25, -0.2) is 0 Å². The third-order valence-electron chi connectivity index (χ3n) is 1.68. The van der Waals surface area contributed by atoms with Crippen molar-refractivity contribution in [3.8, 4) is 11.5 Å². The van der Waals surface area contributed by atoms with E-state index in [1.807, 2.05) is 24.3 Å². The van der Waals surface area contributed by atoms with Crippen molar-refractivity contribution < 1.29 is 9.47 Å². The molecule has 2 N–H and O–H groups in total. The molecule has 1 aromatic rings. The molecule has 0 saturated heterocycles. The van der Waals surface area contributed by atoms with E-state index >= 15 is 0 Å². The highest BCUT2D eigenvalue weighted by Crippen LogP contribution is 2.16. The van der Waals surface area contributed by atoms with E-state index in [-0.39, 0.29) is 0 Å². The maximum absolute atomic E-state index is 5.39. The number of methoxy groups -OCH3 is 1. The van der Waals surface area contributed by atoms with E-state index in [4.69, 9.17) is 27.4 Å². The van der Waals surface area contributed by atoms with Crippen LogP contribution in [0, 0.1) is 0 Å². The van der Waals surface area contributed by atoms with Crippen molar-refractivity contribution in [2.45, 2.75) is 6.42 Å². The molecule has 1 aromatic carbocycles. The summed E-state index contributed by atoms with van der Waals surface area (Å²) in [6.45, 7) is 0.516. The summed E-state index contributed by atoms with van der Waals surface area (Å²) in [5.41, 5.74) is 5.33. The van der Waals surface area contributed by atoms with Crippen molar-refractivity contribution in [3.63, 3.8) is 0 Å². The van der Waals surface area contributed by atoms with Crippen LogP contribution in [0.4, 0.5) is 0 Å². The van der Waals surface area contributed by atoms with E-state index < -0.39 is 0 Å². The fourth-order valence-electron chi connectivity index (χ4n) is 0.941. The second-order valence-corrected chi connectivity index (χ2v) is 3.26. The van der Waals surface area contributed by atoms with Crippen LogP contribution in [-0.2, 0) is 0 Å². The molecule has 0 heterocycles. The molecule has 0 fully saturated rings. The molecule has 1 rings (SSSR count). The Morgan fingerprint density at radius 1 is 1.29 bits per heavy atom. The molecule has 0 aliphatic heterocycles. The van der Waals surface area contributed by atoms with Crippen LogP contribution in [0.15, 0.2) is 24.3 Å². The Balaban J connectivity index is 2.40. The second kappa shape index (κ2) is 5.44. The molecule has 0 atom stereocenters. The lowest BCUT2D eigenvalue weighted by Crippen LogP contribution is -2.12. The van der Waals surface area contributed by atoms with Crippen LogP contribution in [0.3, 0.4) is 0 Å². The van der Waals surface area contributed by atoms with Gasteiger partial charge < -0.3 is 15.2 Å². The highest BCUT2D eigenvalue weighted by Gasteiger charge is 1.95. The molecule has 0 aromatic heterocycles. The zero-order valence-electron chi connectivity index (χ0n) is 8.03. The number of benzene rings is 1. The van der Waals surface area contributed by atoms with Crippen molar-refractivity contribution >= 4 is 17.2 Å². The van der Waals surface area contributed by atoms with Crippen molar-refractivity contribution in [1.82, 2.24) is 0 Å². The van der Waals surface area contributed by atoms with Gasteiger partial charge in [0.05, 0.1) is 18.7 Å². The Morgan fingerprint density at radius 2 is 1.86 bits per heavy atom. The molecule has 0 aliphatic rings. The zero-order chi connectivity index (χ0) is 10.4. The van der Waals surface area contributed by atoms with Crippen LogP contribution < -0.4 is 15.2 Å². The maximum Gasteiger partial charge on any atom is 0.119 e. The van der Waals surface area contributed by atoms with Crippen molar-refractivity contribution in [2.24, 2.45) is 5.73 Å². The number of ether oxygens (including phenoxy) is 2. The summed E-state index contributed by atoms with van der Waals surface area (Å²) in [4.78, 5) is 0.471. The zero-order valence-corrected chi connectivity index (χ0v) is 8.84. The summed E-state index contributed by atoms with van der Waals surface area (Å²) in [6.07, 6.45) is 0.599. The van der Waals surface area contributed by atoms with Gasteiger partial charge in [0.25, 0.3) is 0 Å². The van der Waals surface area contributed by atoms with Crippen LogP contribution in [-0.4, -0.2) is 18.7 Å². The second-order valence-electron chi connectivity index (χ2n) is 2.74. The Hall–Kier alpha value is -1.29. The lowest BCUT2D eigenvalue weighted by Gasteiger charge is -2.05. The smallest absolute Gasteiger partial charge is 0.119 e. The number of rotatable bonds is 5. The summed E-state index contributed by atoms with van der Waals surface area (Å²) >= 11 is 4.73. The number of nitrogens with two attached hydrogens (primary N) is 1. The largest absolute Gasteiger partial charge is 0.497 e. The number of hydrogen-bond acceptors (Lipinski definition) is 3. The predicted octanol–water partition coefficient (Wildman–Crippen LogP) is 1.75. The molecule has 0 bridgehead atoms. The lowest BCUT2D eigenvalue weighted by molar-refractivity contribution is 0.328. The Labute approximate surface area is 88.8 Å². The van der Waals surface area contributed by atoms with Crippen LogP contribution in [0.2, 0.25) is 0 Å². The van der Waals surface area contributed by atoms with Gasteiger partial charge in [-0.05, 0) is 24.3 Å². The van der Waals surface area contributed by atoms with E-state index in [1.54, 1.807) is 7.11 Å². The molecule has 76 valence electrons. The number of hydrogen-bond donors (Lipinski definition) is 1. The van der Waals surface area contributed by atoms with Crippen LogP contribution in [0.1, 0.15) is 6.42 Å². The third-order valence-corrected chi connectivity index (χ3v) is 1.88. The first-order valence-electron chi connectivity index (χ1n) is 4.27. The maximum atomic E-state index is 5.39. The minimum Gasteiger partial charge on any atom is -0.497 e. The molecule has 3 nitrogen and oxygen atoms in total. The first-order chi connectivity index (χ1) is 6.72. The molecule has 14 heavy (non-hydrogen) atoms. The molecule has 4 heteroatoms. The fourth-order valence-corrected chi connectivity index (χ4v) is 1.02. The van der Waals surface area contributed by atoms with E-state index in [2.05, 4.69) is 0 Å². The van der Waals surface area contributed by atoms with Gasteiger partial charge >= 0.3 is 0 Å². The van der Waals surface area contributed by atoms with Gasteiger partial charge in [-0.2, -0.15) is 0 Å². The van der Waals surface area contributed by atoms with Gasteiger partial charge in [-0.15, -0.1) is 0 Å². The highest BCUT2D eigenvalue weighted by atomic mass is 32.1. The number of thiocarbonyl (C=S) groups is 1. The van der Waals surface area contributed by atoms with E-state index in [9.17, 15) is 0 Å². The molecular formula is C10H13NO2S. The fraction of sp³-hybridized carbons (Fsp3) is 0.300. The van der Waals surface area contributed by atoms with Crippen LogP contribution >= 0.6 is 12.2 Å².